The first kappa shape index (κ1) is 16.3. The van der Waals surface area contributed by atoms with E-state index in [1.54, 1.807) is 0 Å². The van der Waals surface area contributed by atoms with Gasteiger partial charge in [-0.15, -0.1) is 0 Å². The number of para-hydroxylation sites is 2. The predicted octanol–water partition coefficient (Wildman–Crippen LogP) is 3.21. The second-order valence-corrected chi connectivity index (χ2v) is 7.45. The Morgan fingerprint density at radius 2 is 1.80 bits per heavy atom. The molecule has 132 valence electrons. The lowest BCUT2D eigenvalue weighted by molar-refractivity contribution is -0.123. The Morgan fingerprint density at radius 3 is 2.44 bits per heavy atom. The summed E-state index contributed by atoms with van der Waals surface area (Å²) in [5.41, 5.74) is 2.89. The molecule has 1 aromatic heterocycles. The number of aryl methyl sites for hydroxylation is 1. The third kappa shape index (κ3) is 3.60. The lowest BCUT2D eigenvalue weighted by Gasteiger charge is -2.34. The Hall–Kier alpha value is -2.17. The van der Waals surface area contributed by atoms with Gasteiger partial charge in [-0.2, -0.15) is 0 Å². The van der Waals surface area contributed by atoms with Gasteiger partial charge in [-0.25, -0.2) is 9.97 Å². The Kier molecular flexibility index (Phi) is 4.55. The monoisotopic (exact) mass is 338 g/mol. The second-order valence-electron chi connectivity index (χ2n) is 7.45. The molecule has 0 atom stereocenters. The lowest BCUT2D eigenvalue weighted by Crippen LogP contribution is -2.41. The van der Waals surface area contributed by atoms with Crippen LogP contribution in [0.3, 0.4) is 0 Å². The minimum atomic E-state index is 0.241. The molecule has 5 nitrogen and oxygen atoms in total. The molecule has 1 N–H and O–H groups in total. The summed E-state index contributed by atoms with van der Waals surface area (Å²) >= 11 is 0. The third-order valence-electron chi connectivity index (χ3n) is 5.58. The van der Waals surface area contributed by atoms with Crippen LogP contribution in [0.25, 0.3) is 11.0 Å². The molecular formula is C20H26N4O. The molecule has 4 rings (SSSR count). The maximum Gasteiger partial charge on any atom is 0.220 e. The van der Waals surface area contributed by atoms with E-state index in [0.29, 0.717) is 18.4 Å². The highest BCUT2D eigenvalue weighted by atomic mass is 16.1. The number of hydrogen-bond donors (Lipinski definition) is 1. The first-order valence-corrected chi connectivity index (χ1v) is 9.47. The van der Waals surface area contributed by atoms with Crippen LogP contribution in [-0.4, -0.2) is 35.0 Å². The van der Waals surface area contributed by atoms with Crippen LogP contribution in [0, 0.1) is 12.8 Å². The van der Waals surface area contributed by atoms with E-state index < -0.39 is 0 Å². The molecule has 0 bridgehead atoms. The van der Waals surface area contributed by atoms with Gasteiger partial charge in [0.15, 0.2) is 5.82 Å². The summed E-state index contributed by atoms with van der Waals surface area (Å²) in [6.45, 7) is 3.94. The van der Waals surface area contributed by atoms with Crippen molar-refractivity contribution in [2.75, 3.05) is 18.0 Å². The van der Waals surface area contributed by atoms with Crippen molar-refractivity contribution < 1.29 is 4.79 Å². The summed E-state index contributed by atoms with van der Waals surface area (Å²) in [5.74, 6) is 1.73. The van der Waals surface area contributed by atoms with Crippen molar-refractivity contribution in [3.05, 3.63) is 30.0 Å². The molecule has 2 aromatic rings. The molecular weight excluding hydrogens is 312 g/mol. The number of carbonyl (C=O) groups is 1. The summed E-state index contributed by atoms with van der Waals surface area (Å²) in [4.78, 5) is 24.0. The fraction of sp³-hybridized carbons (Fsp3) is 0.550. The maximum absolute atomic E-state index is 12.1. The van der Waals surface area contributed by atoms with E-state index in [4.69, 9.17) is 9.97 Å². The van der Waals surface area contributed by atoms with Crippen molar-refractivity contribution in [1.82, 2.24) is 15.3 Å². The zero-order chi connectivity index (χ0) is 17.2. The molecule has 5 heteroatoms. The first-order valence-electron chi connectivity index (χ1n) is 9.47. The zero-order valence-corrected chi connectivity index (χ0v) is 14.9. The number of piperidine rings is 1. The van der Waals surface area contributed by atoms with Gasteiger partial charge in [0.2, 0.25) is 5.91 Å². The van der Waals surface area contributed by atoms with Gasteiger partial charge in [0.25, 0.3) is 0 Å². The van der Waals surface area contributed by atoms with Gasteiger partial charge in [-0.3, -0.25) is 4.79 Å². The molecule has 1 saturated heterocycles. The molecule has 2 heterocycles. The molecule has 1 aromatic carbocycles. The number of fused-ring (bicyclic) bond motifs is 1. The quantitative estimate of drug-likeness (QED) is 0.930. The van der Waals surface area contributed by atoms with Crippen LogP contribution in [0.4, 0.5) is 5.82 Å². The van der Waals surface area contributed by atoms with Crippen LogP contribution in [0.2, 0.25) is 0 Å². The third-order valence-corrected chi connectivity index (χ3v) is 5.58. The standard InChI is InChI=1S/C20H26N4O/c1-14-20(23-18-8-3-2-7-17(18)21-14)24-11-9-15(10-12-24)13-19(25)22-16-5-4-6-16/h2-3,7-8,15-16H,4-6,9-13H2,1H3,(H,22,25). The number of nitrogens with zero attached hydrogens (tertiary/aromatic N) is 3. The van der Waals surface area contributed by atoms with Crippen LogP contribution in [0.5, 0.6) is 0 Å². The Labute approximate surface area is 148 Å². The van der Waals surface area contributed by atoms with Gasteiger partial charge < -0.3 is 10.2 Å². The zero-order valence-electron chi connectivity index (χ0n) is 14.9. The minimum absolute atomic E-state index is 0.241. The molecule has 1 saturated carbocycles. The van der Waals surface area contributed by atoms with E-state index in [1.165, 1.54) is 6.42 Å². The van der Waals surface area contributed by atoms with Crippen molar-refractivity contribution in [2.45, 2.75) is 51.5 Å². The van der Waals surface area contributed by atoms with Crippen LogP contribution >= 0.6 is 0 Å². The highest BCUT2D eigenvalue weighted by Crippen LogP contribution is 2.27. The van der Waals surface area contributed by atoms with Crippen LogP contribution in [0.1, 0.15) is 44.2 Å². The highest BCUT2D eigenvalue weighted by Gasteiger charge is 2.25. The fourth-order valence-electron chi connectivity index (χ4n) is 3.83. The number of benzene rings is 1. The molecule has 1 aliphatic carbocycles. The van der Waals surface area contributed by atoms with Gasteiger partial charge >= 0.3 is 0 Å². The van der Waals surface area contributed by atoms with Crippen molar-refractivity contribution >= 4 is 22.8 Å². The summed E-state index contributed by atoms with van der Waals surface area (Å²) in [7, 11) is 0. The van der Waals surface area contributed by atoms with Crippen molar-refractivity contribution in [3.8, 4) is 0 Å². The normalized spacial score (nSPS) is 19.0. The average Bonchev–Trinajstić information content (AvgIpc) is 2.58. The molecule has 0 spiro atoms. The van der Waals surface area contributed by atoms with Crippen molar-refractivity contribution in [1.29, 1.82) is 0 Å². The van der Waals surface area contributed by atoms with Crippen molar-refractivity contribution in [3.63, 3.8) is 0 Å². The number of nitrogens with one attached hydrogen (secondary N) is 1. The Balaban J connectivity index is 1.36. The SMILES string of the molecule is Cc1nc2ccccc2nc1N1CCC(CC(=O)NC2CCC2)CC1. The average molecular weight is 338 g/mol. The van der Waals surface area contributed by atoms with E-state index in [0.717, 1.165) is 61.3 Å². The molecule has 2 aliphatic rings. The Morgan fingerprint density at radius 1 is 1.12 bits per heavy atom. The van der Waals surface area contributed by atoms with E-state index in [2.05, 4.69) is 10.2 Å². The summed E-state index contributed by atoms with van der Waals surface area (Å²) in [5, 5.41) is 3.16. The van der Waals surface area contributed by atoms with E-state index in [1.807, 2.05) is 31.2 Å². The highest BCUT2D eigenvalue weighted by molar-refractivity contribution is 5.77. The fourth-order valence-corrected chi connectivity index (χ4v) is 3.83. The number of aromatic nitrogens is 2. The van der Waals surface area contributed by atoms with E-state index in [9.17, 15) is 4.79 Å². The molecule has 0 radical (unpaired) electrons. The van der Waals surface area contributed by atoms with Gasteiger partial charge in [0, 0.05) is 25.6 Å². The smallest absolute Gasteiger partial charge is 0.220 e. The number of hydrogen-bond acceptors (Lipinski definition) is 4. The summed E-state index contributed by atoms with van der Waals surface area (Å²) in [6, 6.07) is 8.47. The molecule has 1 amide bonds. The van der Waals surface area contributed by atoms with E-state index >= 15 is 0 Å². The minimum Gasteiger partial charge on any atom is -0.355 e. The Bertz CT molecular complexity index is 763. The number of amides is 1. The number of rotatable bonds is 4. The molecule has 1 aliphatic heterocycles. The van der Waals surface area contributed by atoms with E-state index in [-0.39, 0.29) is 5.91 Å². The van der Waals surface area contributed by atoms with Crippen molar-refractivity contribution in [2.24, 2.45) is 5.92 Å². The maximum atomic E-state index is 12.1. The van der Waals surface area contributed by atoms with Crippen LogP contribution in [-0.2, 0) is 4.79 Å². The second kappa shape index (κ2) is 6.98. The lowest BCUT2D eigenvalue weighted by atomic mass is 9.90. The largest absolute Gasteiger partial charge is 0.355 e. The van der Waals surface area contributed by atoms with Crippen LogP contribution < -0.4 is 10.2 Å². The summed E-state index contributed by atoms with van der Waals surface area (Å²) < 4.78 is 0. The summed E-state index contributed by atoms with van der Waals surface area (Å²) in [6.07, 6.45) is 6.34. The van der Waals surface area contributed by atoms with Gasteiger partial charge in [-0.1, -0.05) is 12.1 Å². The van der Waals surface area contributed by atoms with Gasteiger partial charge in [-0.05, 0) is 57.1 Å². The number of anilines is 1. The van der Waals surface area contributed by atoms with Crippen LogP contribution in [0.15, 0.2) is 24.3 Å². The molecule has 2 fully saturated rings. The number of carbonyl (C=O) groups excluding carboxylic acids is 1. The molecule has 0 unspecified atom stereocenters. The predicted molar refractivity (Wildman–Crippen MR) is 99.6 cm³/mol. The van der Waals surface area contributed by atoms with Gasteiger partial charge in [0.1, 0.15) is 0 Å². The van der Waals surface area contributed by atoms with Gasteiger partial charge in [0.05, 0.1) is 16.7 Å². The molecule has 25 heavy (non-hydrogen) atoms. The topological polar surface area (TPSA) is 58.1 Å². The first-order chi connectivity index (χ1) is 12.2.